The van der Waals surface area contributed by atoms with E-state index in [0.717, 1.165) is 36.8 Å². The van der Waals surface area contributed by atoms with Crippen LogP contribution in [0.5, 0.6) is 0 Å². The van der Waals surface area contributed by atoms with Gasteiger partial charge in [0.05, 0.1) is 31.3 Å². The third-order valence-electron chi connectivity index (χ3n) is 5.58. The molecule has 0 unspecified atom stereocenters. The first-order chi connectivity index (χ1) is 15.0. The standard InChI is InChI=1S/C23H30N4O4/c1-3-31-21(28)15-19(18-12-8-7-9-16(18)2)25-22(29)23(30)26-20-13-14-24-27(20)17-10-5-4-6-11-17/h7-9,12-14,17,19H,3-6,10-11,15H2,1-2H3,(H,25,29)(H,26,30)/t19-/m0/s1. The molecule has 0 saturated heterocycles. The van der Waals surface area contributed by atoms with Gasteiger partial charge in [-0.3, -0.25) is 14.4 Å². The zero-order valence-corrected chi connectivity index (χ0v) is 18.1. The molecule has 0 spiro atoms. The summed E-state index contributed by atoms with van der Waals surface area (Å²) in [6.07, 6.45) is 7.05. The monoisotopic (exact) mass is 426 g/mol. The largest absolute Gasteiger partial charge is 0.466 e. The first-order valence-corrected chi connectivity index (χ1v) is 10.9. The topological polar surface area (TPSA) is 102 Å². The summed E-state index contributed by atoms with van der Waals surface area (Å²) >= 11 is 0. The quantitative estimate of drug-likeness (QED) is 0.522. The van der Waals surface area contributed by atoms with E-state index in [4.69, 9.17) is 4.74 Å². The second kappa shape index (κ2) is 10.7. The summed E-state index contributed by atoms with van der Waals surface area (Å²) in [5, 5.41) is 9.71. The molecule has 1 aromatic carbocycles. The number of benzene rings is 1. The molecule has 31 heavy (non-hydrogen) atoms. The minimum atomic E-state index is -0.811. The first kappa shape index (κ1) is 22.5. The number of hydrogen-bond donors (Lipinski definition) is 2. The number of carbonyl (C=O) groups is 3. The number of hydrogen-bond acceptors (Lipinski definition) is 5. The fraction of sp³-hybridized carbons (Fsp3) is 0.478. The molecule has 8 nitrogen and oxygen atoms in total. The summed E-state index contributed by atoms with van der Waals surface area (Å²) in [7, 11) is 0. The molecule has 0 aliphatic heterocycles. The Morgan fingerprint density at radius 2 is 1.87 bits per heavy atom. The fourth-order valence-corrected chi connectivity index (χ4v) is 4.03. The minimum Gasteiger partial charge on any atom is -0.466 e. The van der Waals surface area contributed by atoms with Crippen molar-refractivity contribution in [3.8, 4) is 0 Å². The van der Waals surface area contributed by atoms with Gasteiger partial charge >= 0.3 is 17.8 Å². The Bertz CT molecular complexity index is 918. The van der Waals surface area contributed by atoms with Gasteiger partial charge < -0.3 is 15.4 Å². The number of amides is 2. The summed E-state index contributed by atoms with van der Waals surface area (Å²) in [6.45, 7) is 3.86. The van der Waals surface area contributed by atoms with Crippen molar-refractivity contribution in [3.05, 3.63) is 47.7 Å². The highest BCUT2D eigenvalue weighted by molar-refractivity contribution is 6.39. The molecule has 1 saturated carbocycles. The molecule has 3 rings (SSSR count). The van der Waals surface area contributed by atoms with Gasteiger partial charge in [-0.2, -0.15) is 5.10 Å². The maximum atomic E-state index is 12.7. The number of ether oxygens (including phenoxy) is 1. The number of nitrogens with one attached hydrogen (secondary N) is 2. The lowest BCUT2D eigenvalue weighted by Gasteiger charge is -2.24. The van der Waals surface area contributed by atoms with Crippen LogP contribution in [0.3, 0.4) is 0 Å². The van der Waals surface area contributed by atoms with Crippen molar-refractivity contribution >= 4 is 23.6 Å². The molecule has 1 fully saturated rings. The van der Waals surface area contributed by atoms with Gasteiger partial charge in [-0.1, -0.05) is 43.5 Å². The third kappa shape index (κ3) is 5.93. The molecule has 1 aliphatic carbocycles. The fourth-order valence-electron chi connectivity index (χ4n) is 4.03. The van der Waals surface area contributed by atoms with Crippen LogP contribution in [0.1, 0.15) is 68.7 Å². The van der Waals surface area contributed by atoms with Gasteiger partial charge in [-0.15, -0.1) is 0 Å². The van der Waals surface area contributed by atoms with E-state index in [0.29, 0.717) is 5.82 Å². The maximum absolute atomic E-state index is 12.7. The molecular formula is C23H30N4O4. The predicted molar refractivity (Wildman–Crippen MR) is 116 cm³/mol. The van der Waals surface area contributed by atoms with Gasteiger partial charge in [0.25, 0.3) is 0 Å². The highest BCUT2D eigenvalue weighted by Crippen LogP contribution is 2.30. The van der Waals surface area contributed by atoms with Gasteiger partial charge in [0.2, 0.25) is 0 Å². The number of esters is 1. The Balaban J connectivity index is 1.70. The number of anilines is 1. The molecule has 0 bridgehead atoms. The molecule has 1 aliphatic rings. The predicted octanol–water partition coefficient (Wildman–Crippen LogP) is 3.45. The van der Waals surface area contributed by atoms with E-state index in [-0.39, 0.29) is 19.1 Å². The minimum absolute atomic E-state index is 0.0578. The molecule has 1 heterocycles. The van der Waals surface area contributed by atoms with Crippen molar-refractivity contribution in [2.45, 2.75) is 64.5 Å². The summed E-state index contributed by atoms with van der Waals surface area (Å²) in [5.41, 5.74) is 1.68. The second-order valence-corrected chi connectivity index (χ2v) is 7.80. The average molecular weight is 427 g/mol. The second-order valence-electron chi connectivity index (χ2n) is 7.80. The van der Waals surface area contributed by atoms with E-state index < -0.39 is 23.8 Å². The summed E-state index contributed by atoms with van der Waals surface area (Å²) < 4.78 is 6.83. The molecule has 1 atom stereocenters. The lowest BCUT2D eigenvalue weighted by Crippen LogP contribution is -2.39. The SMILES string of the molecule is CCOC(=O)C[C@H](NC(=O)C(=O)Nc1ccnn1C1CCCCC1)c1ccccc1C. The Morgan fingerprint density at radius 3 is 2.58 bits per heavy atom. The number of rotatable bonds is 7. The van der Waals surface area contributed by atoms with Crippen LogP contribution in [0.25, 0.3) is 0 Å². The maximum Gasteiger partial charge on any atom is 0.314 e. The van der Waals surface area contributed by atoms with Crippen LogP contribution in [0.2, 0.25) is 0 Å². The van der Waals surface area contributed by atoms with E-state index in [2.05, 4.69) is 15.7 Å². The highest BCUT2D eigenvalue weighted by atomic mass is 16.5. The van der Waals surface area contributed by atoms with Crippen molar-refractivity contribution in [1.82, 2.24) is 15.1 Å². The summed E-state index contributed by atoms with van der Waals surface area (Å²) in [6, 6.07) is 8.68. The third-order valence-corrected chi connectivity index (χ3v) is 5.58. The van der Waals surface area contributed by atoms with Crippen LogP contribution < -0.4 is 10.6 Å². The van der Waals surface area contributed by atoms with E-state index in [1.165, 1.54) is 6.42 Å². The van der Waals surface area contributed by atoms with Crippen molar-refractivity contribution in [2.24, 2.45) is 0 Å². The van der Waals surface area contributed by atoms with E-state index in [1.54, 1.807) is 23.9 Å². The van der Waals surface area contributed by atoms with Crippen LogP contribution in [0.4, 0.5) is 5.82 Å². The first-order valence-electron chi connectivity index (χ1n) is 10.9. The summed E-state index contributed by atoms with van der Waals surface area (Å²) in [4.78, 5) is 37.4. The van der Waals surface area contributed by atoms with Gasteiger partial charge in [-0.05, 0) is 37.8 Å². The van der Waals surface area contributed by atoms with Crippen molar-refractivity contribution in [2.75, 3.05) is 11.9 Å². The van der Waals surface area contributed by atoms with Crippen LogP contribution in [0.15, 0.2) is 36.5 Å². The Kier molecular flexibility index (Phi) is 7.81. The average Bonchev–Trinajstić information content (AvgIpc) is 3.22. The molecule has 2 amide bonds. The zero-order valence-electron chi connectivity index (χ0n) is 18.1. The smallest absolute Gasteiger partial charge is 0.314 e. The molecule has 8 heteroatoms. The number of carbonyl (C=O) groups excluding carboxylic acids is 3. The number of nitrogens with zero attached hydrogens (tertiary/aromatic N) is 2. The van der Waals surface area contributed by atoms with E-state index in [9.17, 15) is 14.4 Å². The van der Waals surface area contributed by atoms with Crippen molar-refractivity contribution in [3.63, 3.8) is 0 Å². The summed E-state index contributed by atoms with van der Waals surface area (Å²) in [5.74, 6) is -1.54. The van der Waals surface area contributed by atoms with Gasteiger partial charge in [0.1, 0.15) is 5.82 Å². The molecule has 2 N–H and O–H groups in total. The van der Waals surface area contributed by atoms with Crippen LogP contribution >= 0.6 is 0 Å². The van der Waals surface area contributed by atoms with Crippen LogP contribution in [-0.4, -0.2) is 34.2 Å². The van der Waals surface area contributed by atoms with Crippen LogP contribution in [-0.2, 0) is 19.1 Å². The molecule has 166 valence electrons. The molecule has 2 aromatic rings. The lowest BCUT2D eigenvalue weighted by atomic mass is 9.96. The molecule has 0 radical (unpaired) electrons. The van der Waals surface area contributed by atoms with Gasteiger partial charge in [0.15, 0.2) is 0 Å². The van der Waals surface area contributed by atoms with E-state index in [1.807, 2.05) is 31.2 Å². The zero-order chi connectivity index (χ0) is 22.2. The molecular weight excluding hydrogens is 396 g/mol. The Labute approximate surface area is 182 Å². The van der Waals surface area contributed by atoms with Crippen molar-refractivity contribution in [1.29, 1.82) is 0 Å². The molecule has 1 aromatic heterocycles. The normalized spacial score (nSPS) is 15.2. The van der Waals surface area contributed by atoms with Crippen molar-refractivity contribution < 1.29 is 19.1 Å². The van der Waals surface area contributed by atoms with Gasteiger partial charge in [0, 0.05) is 6.07 Å². The Morgan fingerprint density at radius 1 is 1.13 bits per heavy atom. The van der Waals surface area contributed by atoms with Crippen LogP contribution in [0, 0.1) is 6.92 Å². The highest BCUT2D eigenvalue weighted by Gasteiger charge is 2.25. The van der Waals surface area contributed by atoms with Gasteiger partial charge in [-0.25, -0.2) is 4.68 Å². The van der Waals surface area contributed by atoms with E-state index >= 15 is 0 Å². The number of aryl methyl sites for hydroxylation is 1. The Hall–Kier alpha value is -3.16. The lowest BCUT2D eigenvalue weighted by molar-refractivity contribution is -0.144. The number of aromatic nitrogens is 2.